The van der Waals surface area contributed by atoms with E-state index in [4.69, 9.17) is 21.1 Å². The van der Waals surface area contributed by atoms with Crippen molar-refractivity contribution in [2.45, 2.75) is 12.7 Å². The molecular weight excluding hydrogens is 468 g/mol. The summed E-state index contributed by atoms with van der Waals surface area (Å²) in [5.41, 5.74) is 4.22. The van der Waals surface area contributed by atoms with E-state index in [-0.39, 0.29) is 23.6 Å². The Bertz CT molecular complexity index is 1410. The number of halogens is 1. The fraction of sp³-hybridized carbons (Fsp3) is 0.185. The molecule has 0 aliphatic carbocycles. The Labute approximate surface area is 207 Å². The lowest BCUT2D eigenvalue weighted by Gasteiger charge is -2.15. The average molecular weight is 493 g/mol. The van der Waals surface area contributed by atoms with Crippen LogP contribution in [0.1, 0.15) is 27.8 Å². The number of aromatic nitrogens is 1. The molecule has 4 rings (SSSR count). The molecule has 1 unspecified atom stereocenters. The smallest absolute Gasteiger partial charge is 0.339 e. The topological polar surface area (TPSA) is 89.8 Å². The maximum Gasteiger partial charge on any atom is 0.339 e. The molecule has 35 heavy (non-hydrogen) atoms. The summed E-state index contributed by atoms with van der Waals surface area (Å²) in [5.74, 6) is -0.946. The van der Waals surface area contributed by atoms with Gasteiger partial charge in [0.2, 0.25) is 5.91 Å². The largest absolute Gasteiger partial charge is 0.465 e. The summed E-state index contributed by atoms with van der Waals surface area (Å²) in [7, 11) is 4.65. The van der Waals surface area contributed by atoms with Gasteiger partial charge in [-0.1, -0.05) is 41.9 Å². The first kappa shape index (κ1) is 24.5. The molecule has 1 amide bonds. The number of rotatable bonds is 7. The zero-order valence-corrected chi connectivity index (χ0v) is 20.3. The van der Waals surface area contributed by atoms with Crippen molar-refractivity contribution in [1.29, 1.82) is 0 Å². The lowest BCUT2D eigenvalue weighted by atomic mass is 10.00. The number of aliphatic hydroxyl groups excluding tert-OH is 1. The van der Waals surface area contributed by atoms with E-state index < -0.39 is 12.3 Å². The zero-order valence-electron chi connectivity index (χ0n) is 19.5. The van der Waals surface area contributed by atoms with Gasteiger partial charge in [0, 0.05) is 42.4 Å². The van der Waals surface area contributed by atoms with Gasteiger partial charge in [-0.25, -0.2) is 4.79 Å². The second-order valence-electron chi connectivity index (χ2n) is 8.13. The molecule has 0 aliphatic heterocycles. The lowest BCUT2D eigenvalue weighted by molar-refractivity contribution is -0.115. The highest BCUT2D eigenvalue weighted by molar-refractivity contribution is 6.34. The molecule has 0 aliphatic rings. The number of aliphatic hydroxyl groups is 1. The number of anilines is 1. The molecule has 0 radical (unpaired) electrons. The number of carbonyl (C=O) groups excluding carboxylic acids is 2. The molecule has 1 atom stereocenters. The van der Waals surface area contributed by atoms with Crippen molar-refractivity contribution in [2.75, 3.05) is 19.5 Å². The van der Waals surface area contributed by atoms with Gasteiger partial charge in [0.25, 0.3) is 0 Å². The van der Waals surface area contributed by atoms with Gasteiger partial charge in [-0.15, -0.1) is 0 Å². The minimum Gasteiger partial charge on any atom is -0.465 e. The third-order valence-corrected chi connectivity index (χ3v) is 6.12. The normalized spacial score (nSPS) is 11.9. The van der Waals surface area contributed by atoms with Crippen LogP contribution >= 0.6 is 11.6 Å². The molecule has 0 saturated carbocycles. The highest BCUT2D eigenvalue weighted by Crippen LogP contribution is 2.35. The molecular formula is C27H25ClN2O5. The van der Waals surface area contributed by atoms with Gasteiger partial charge in [-0.05, 0) is 41.5 Å². The van der Waals surface area contributed by atoms with Crippen LogP contribution in [0.4, 0.5) is 5.69 Å². The molecule has 3 aromatic carbocycles. The molecule has 0 bridgehead atoms. The molecule has 0 saturated heterocycles. The van der Waals surface area contributed by atoms with Crippen LogP contribution in [0.15, 0.2) is 66.9 Å². The van der Waals surface area contributed by atoms with Gasteiger partial charge < -0.3 is 24.5 Å². The van der Waals surface area contributed by atoms with Crippen LogP contribution in [-0.2, 0) is 27.7 Å². The number of nitrogens with one attached hydrogen (secondary N) is 1. The summed E-state index contributed by atoms with van der Waals surface area (Å²) >= 11 is 6.61. The molecule has 180 valence electrons. The van der Waals surface area contributed by atoms with Gasteiger partial charge in [-0.3, -0.25) is 4.79 Å². The highest BCUT2D eigenvalue weighted by atomic mass is 35.5. The summed E-state index contributed by atoms with van der Waals surface area (Å²) in [6.07, 6.45) is 0.917. The Kier molecular flexibility index (Phi) is 7.21. The summed E-state index contributed by atoms with van der Waals surface area (Å²) in [6.45, 7) is 0. The summed E-state index contributed by atoms with van der Waals surface area (Å²) in [5, 5.41) is 14.1. The van der Waals surface area contributed by atoms with Crippen molar-refractivity contribution in [3.8, 4) is 11.1 Å². The Morgan fingerprint density at radius 3 is 2.63 bits per heavy atom. The van der Waals surface area contributed by atoms with E-state index in [2.05, 4.69) is 5.32 Å². The van der Waals surface area contributed by atoms with E-state index in [9.17, 15) is 14.7 Å². The lowest BCUT2D eigenvalue weighted by Crippen LogP contribution is -2.17. The van der Waals surface area contributed by atoms with Crippen LogP contribution in [0.3, 0.4) is 0 Å². The van der Waals surface area contributed by atoms with E-state index in [1.807, 2.05) is 42.1 Å². The quantitative estimate of drug-likeness (QED) is 0.276. The number of benzene rings is 3. The van der Waals surface area contributed by atoms with Gasteiger partial charge in [0.05, 0.1) is 29.8 Å². The number of amides is 1. The number of ether oxygens (including phenoxy) is 2. The van der Waals surface area contributed by atoms with E-state index in [1.165, 1.54) is 14.2 Å². The van der Waals surface area contributed by atoms with Crippen LogP contribution in [-0.4, -0.2) is 35.8 Å². The number of esters is 1. The first-order chi connectivity index (χ1) is 16.8. The minimum absolute atomic E-state index is 0.0227. The van der Waals surface area contributed by atoms with E-state index in [1.54, 1.807) is 36.4 Å². The highest BCUT2D eigenvalue weighted by Gasteiger charge is 2.19. The second-order valence-corrected chi connectivity index (χ2v) is 8.53. The number of fused-ring (bicyclic) bond motifs is 1. The number of aryl methyl sites for hydroxylation is 1. The third kappa shape index (κ3) is 5.22. The zero-order chi connectivity index (χ0) is 25.1. The molecule has 1 heterocycles. The second kappa shape index (κ2) is 10.3. The average Bonchev–Trinajstić information content (AvgIpc) is 3.23. The summed E-state index contributed by atoms with van der Waals surface area (Å²) in [4.78, 5) is 25.4. The van der Waals surface area contributed by atoms with Crippen LogP contribution in [0.2, 0.25) is 5.02 Å². The van der Waals surface area contributed by atoms with Crippen LogP contribution in [0.25, 0.3) is 22.0 Å². The molecule has 1 aromatic heterocycles. The maximum atomic E-state index is 12.8. The van der Waals surface area contributed by atoms with Crippen LogP contribution in [0, 0.1) is 0 Å². The number of nitrogens with zero attached hydrogens (tertiary/aromatic N) is 1. The minimum atomic E-state index is -1.08. The van der Waals surface area contributed by atoms with E-state index in [0.29, 0.717) is 21.7 Å². The maximum absolute atomic E-state index is 12.8. The third-order valence-electron chi connectivity index (χ3n) is 5.81. The number of hydrogen-bond donors (Lipinski definition) is 2. The van der Waals surface area contributed by atoms with Crippen LogP contribution in [0.5, 0.6) is 0 Å². The van der Waals surface area contributed by atoms with Crippen molar-refractivity contribution < 1.29 is 24.2 Å². The molecule has 0 fully saturated rings. The van der Waals surface area contributed by atoms with Crippen molar-refractivity contribution in [1.82, 2.24) is 4.57 Å². The van der Waals surface area contributed by atoms with Gasteiger partial charge in [-0.2, -0.15) is 0 Å². The number of hydrogen-bond acceptors (Lipinski definition) is 5. The molecule has 2 N–H and O–H groups in total. The SMILES string of the molecule is COC(=O)c1cc(-c2ccc3c(ccn3C)c2)c(Cl)cc1NC(=O)Cc1cccc(C(O)OC)c1. The fourth-order valence-corrected chi connectivity index (χ4v) is 4.27. The predicted octanol–water partition coefficient (Wildman–Crippen LogP) is 5.10. The van der Waals surface area contributed by atoms with Crippen LogP contribution < -0.4 is 5.32 Å². The Balaban J connectivity index is 1.64. The standard InChI is InChI=1S/C27H25ClN2O5/c1-30-10-9-18-13-17(7-8-24(18)30)20-14-21(27(33)35-3)23(15-22(20)28)29-25(31)12-16-5-4-6-19(11-16)26(32)34-2/h4-11,13-15,26,32H,12H2,1-3H3,(H,29,31). The monoisotopic (exact) mass is 492 g/mol. The first-order valence-electron chi connectivity index (χ1n) is 10.9. The number of methoxy groups -OCH3 is 2. The van der Waals surface area contributed by atoms with Crippen molar-refractivity contribution >= 4 is 40.1 Å². The summed E-state index contributed by atoms with van der Waals surface area (Å²) < 4.78 is 11.9. The fourth-order valence-electron chi connectivity index (χ4n) is 4.00. The first-order valence-corrected chi connectivity index (χ1v) is 11.3. The molecule has 0 spiro atoms. The van der Waals surface area contributed by atoms with E-state index >= 15 is 0 Å². The molecule has 7 nitrogen and oxygen atoms in total. The van der Waals surface area contributed by atoms with E-state index in [0.717, 1.165) is 16.5 Å². The Hall–Kier alpha value is -3.65. The van der Waals surface area contributed by atoms with Gasteiger partial charge >= 0.3 is 5.97 Å². The molecule has 8 heteroatoms. The van der Waals surface area contributed by atoms with Crippen molar-refractivity contribution in [3.05, 3.63) is 88.6 Å². The van der Waals surface area contributed by atoms with Gasteiger partial charge in [0.1, 0.15) is 0 Å². The van der Waals surface area contributed by atoms with Gasteiger partial charge in [0.15, 0.2) is 6.29 Å². The van der Waals surface area contributed by atoms with Crippen molar-refractivity contribution in [2.24, 2.45) is 7.05 Å². The Morgan fingerprint density at radius 2 is 1.89 bits per heavy atom. The van der Waals surface area contributed by atoms with Crippen molar-refractivity contribution in [3.63, 3.8) is 0 Å². The number of carbonyl (C=O) groups is 2. The summed E-state index contributed by atoms with van der Waals surface area (Å²) in [6, 6.07) is 18.0. The predicted molar refractivity (Wildman–Crippen MR) is 135 cm³/mol. The Morgan fingerprint density at radius 1 is 1.09 bits per heavy atom. The molecule has 4 aromatic rings.